The zero-order valence-corrected chi connectivity index (χ0v) is 15.7. The highest BCUT2D eigenvalue weighted by atomic mass is 32.1. The van der Waals surface area contributed by atoms with E-state index >= 15 is 0 Å². The zero-order valence-electron chi connectivity index (χ0n) is 14.8. The lowest BCUT2D eigenvalue weighted by Gasteiger charge is -2.46. The summed E-state index contributed by atoms with van der Waals surface area (Å²) in [6.45, 7) is 5.07. The van der Waals surface area contributed by atoms with E-state index in [1.54, 1.807) is 0 Å². The number of ether oxygens (including phenoxy) is 1. The van der Waals surface area contributed by atoms with E-state index in [-0.39, 0.29) is 5.54 Å². The molecule has 2 fully saturated rings. The van der Waals surface area contributed by atoms with Crippen LogP contribution in [0.25, 0.3) is 10.2 Å². The SMILES string of the molecule is C[C@H]1CC[C@H](c2ccc3sc(CC4(N(C)C)COC4)nc3c2)NC1. The van der Waals surface area contributed by atoms with Gasteiger partial charge in [0.1, 0.15) is 0 Å². The van der Waals surface area contributed by atoms with Gasteiger partial charge < -0.3 is 10.1 Å². The molecular formula is C19H27N3OS. The molecule has 0 spiro atoms. The van der Waals surface area contributed by atoms with Crippen LogP contribution in [0, 0.1) is 5.92 Å². The predicted octanol–water partition coefficient (Wildman–Crippen LogP) is 3.23. The number of hydrogen-bond acceptors (Lipinski definition) is 5. The lowest BCUT2D eigenvalue weighted by molar-refractivity contribution is -0.124. The van der Waals surface area contributed by atoms with E-state index < -0.39 is 0 Å². The number of aromatic nitrogens is 1. The van der Waals surface area contributed by atoms with Gasteiger partial charge >= 0.3 is 0 Å². The van der Waals surface area contributed by atoms with E-state index in [2.05, 4.69) is 49.4 Å². The van der Waals surface area contributed by atoms with E-state index in [9.17, 15) is 0 Å². The van der Waals surface area contributed by atoms with Crippen LogP contribution in [0.2, 0.25) is 0 Å². The van der Waals surface area contributed by atoms with Gasteiger partial charge in [0.2, 0.25) is 0 Å². The minimum Gasteiger partial charge on any atom is -0.377 e. The summed E-state index contributed by atoms with van der Waals surface area (Å²) in [5.41, 5.74) is 2.68. The third kappa shape index (κ3) is 2.99. The fraction of sp³-hybridized carbons (Fsp3) is 0.632. The third-order valence-corrected chi connectivity index (χ3v) is 6.73. The molecule has 1 aromatic heterocycles. The molecule has 2 aromatic rings. The van der Waals surface area contributed by atoms with Crippen LogP contribution in [0.5, 0.6) is 0 Å². The van der Waals surface area contributed by atoms with E-state index in [0.29, 0.717) is 6.04 Å². The van der Waals surface area contributed by atoms with Crippen LogP contribution >= 0.6 is 11.3 Å². The maximum absolute atomic E-state index is 5.48. The first-order valence-electron chi connectivity index (χ1n) is 8.94. The first-order valence-corrected chi connectivity index (χ1v) is 9.75. The molecule has 0 unspecified atom stereocenters. The summed E-state index contributed by atoms with van der Waals surface area (Å²) >= 11 is 1.83. The molecule has 2 atom stereocenters. The maximum Gasteiger partial charge on any atom is 0.0958 e. The van der Waals surface area contributed by atoms with E-state index in [0.717, 1.165) is 37.6 Å². The number of fused-ring (bicyclic) bond motifs is 1. The number of likely N-dealkylation sites (N-methyl/N-ethyl adjacent to an activating group) is 1. The van der Waals surface area contributed by atoms with Crippen molar-refractivity contribution in [2.24, 2.45) is 5.92 Å². The van der Waals surface area contributed by atoms with Crippen molar-refractivity contribution < 1.29 is 4.74 Å². The highest BCUT2D eigenvalue weighted by Gasteiger charge is 2.41. The van der Waals surface area contributed by atoms with E-state index in [1.807, 2.05) is 11.3 Å². The molecule has 1 N–H and O–H groups in total. The number of nitrogens with zero attached hydrogens (tertiary/aromatic N) is 2. The summed E-state index contributed by atoms with van der Waals surface area (Å²) in [5, 5.41) is 4.91. The second-order valence-corrected chi connectivity index (χ2v) is 8.88. The molecule has 24 heavy (non-hydrogen) atoms. The Kier molecular flexibility index (Phi) is 4.37. The van der Waals surface area contributed by atoms with Crippen molar-refractivity contribution in [1.82, 2.24) is 15.2 Å². The number of rotatable bonds is 4. The summed E-state index contributed by atoms with van der Waals surface area (Å²) in [7, 11) is 4.29. The molecule has 3 heterocycles. The highest BCUT2D eigenvalue weighted by Crippen LogP contribution is 2.33. The van der Waals surface area contributed by atoms with Crippen molar-refractivity contribution in [2.45, 2.75) is 37.8 Å². The van der Waals surface area contributed by atoms with Crippen molar-refractivity contribution in [1.29, 1.82) is 0 Å². The Bertz CT molecular complexity index is 714. The fourth-order valence-corrected chi connectivity index (χ4v) is 4.79. The number of piperidine rings is 1. The molecular weight excluding hydrogens is 318 g/mol. The molecule has 1 aromatic carbocycles. The van der Waals surface area contributed by atoms with Crippen molar-refractivity contribution in [3.8, 4) is 0 Å². The monoisotopic (exact) mass is 345 g/mol. The van der Waals surface area contributed by atoms with Gasteiger partial charge in [0.25, 0.3) is 0 Å². The van der Waals surface area contributed by atoms with Gasteiger partial charge in [-0.1, -0.05) is 13.0 Å². The normalized spacial score (nSPS) is 26.7. The smallest absolute Gasteiger partial charge is 0.0958 e. The standard InChI is InChI=1S/C19H27N3OS/c1-13-4-6-15(20-10-13)14-5-7-17-16(8-14)21-18(24-17)9-19(22(2)3)11-23-12-19/h5,7-8,13,15,20H,4,6,9-12H2,1-3H3/t13-,15+/m0/s1. The largest absolute Gasteiger partial charge is 0.377 e. The Morgan fingerprint density at radius 3 is 2.79 bits per heavy atom. The summed E-state index contributed by atoms with van der Waals surface area (Å²) in [6.07, 6.45) is 3.52. The summed E-state index contributed by atoms with van der Waals surface area (Å²) in [6, 6.07) is 7.32. The quantitative estimate of drug-likeness (QED) is 0.923. The molecule has 0 amide bonds. The van der Waals surface area contributed by atoms with Crippen LogP contribution in [-0.4, -0.2) is 49.3 Å². The van der Waals surface area contributed by atoms with Gasteiger partial charge in [-0.15, -0.1) is 11.3 Å². The van der Waals surface area contributed by atoms with Crippen molar-refractivity contribution in [3.63, 3.8) is 0 Å². The van der Waals surface area contributed by atoms with Crippen molar-refractivity contribution in [3.05, 3.63) is 28.8 Å². The van der Waals surface area contributed by atoms with Gasteiger partial charge in [-0.05, 0) is 57.1 Å². The average Bonchev–Trinajstić information content (AvgIpc) is 2.92. The molecule has 0 bridgehead atoms. The first-order chi connectivity index (χ1) is 11.6. The minimum atomic E-state index is 0.137. The third-order valence-electron chi connectivity index (χ3n) is 5.69. The minimum absolute atomic E-state index is 0.137. The number of thiazole rings is 1. The predicted molar refractivity (Wildman–Crippen MR) is 99.7 cm³/mol. The maximum atomic E-state index is 5.48. The second kappa shape index (κ2) is 6.37. The number of benzene rings is 1. The molecule has 0 aliphatic carbocycles. The molecule has 4 nitrogen and oxygen atoms in total. The van der Waals surface area contributed by atoms with Gasteiger partial charge in [0.05, 0.1) is 34.0 Å². The summed E-state index contributed by atoms with van der Waals surface area (Å²) in [4.78, 5) is 7.23. The van der Waals surface area contributed by atoms with Crippen molar-refractivity contribution >= 4 is 21.6 Å². The van der Waals surface area contributed by atoms with Crippen LogP contribution in [-0.2, 0) is 11.2 Å². The average molecular weight is 346 g/mol. The van der Waals surface area contributed by atoms with E-state index in [4.69, 9.17) is 9.72 Å². The Labute approximate surface area is 148 Å². The van der Waals surface area contributed by atoms with Gasteiger partial charge in [-0.3, -0.25) is 4.90 Å². The lowest BCUT2D eigenvalue weighted by Crippen LogP contribution is -2.61. The highest BCUT2D eigenvalue weighted by molar-refractivity contribution is 7.18. The molecule has 0 radical (unpaired) electrons. The summed E-state index contributed by atoms with van der Waals surface area (Å²) in [5.74, 6) is 0.794. The van der Waals surface area contributed by atoms with Gasteiger partial charge in [0, 0.05) is 12.5 Å². The fourth-order valence-electron chi connectivity index (χ4n) is 3.71. The molecule has 0 saturated carbocycles. The Morgan fingerprint density at radius 2 is 2.17 bits per heavy atom. The van der Waals surface area contributed by atoms with Crippen molar-refractivity contribution in [2.75, 3.05) is 33.9 Å². The molecule has 130 valence electrons. The molecule has 5 heteroatoms. The molecule has 2 aliphatic heterocycles. The van der Waals surface area contributed by atoms with E-state index in [1.165, 1.54) is 28.1 Å². The number of nitrogens with one attached hydrogen (secondary N) is 1. The topological polar surface area (TPSA) is 37.4 Å². The zero-order chi connectivity index (χ0) is 16.7. The second-order valence-electron chi connectivity index (χ2n) is 7.77. The van der Waals surface area contributed by atoms with Gasteiger partial charge in [0.15, 0.2) is 0 Å². The molecule has 2 saturated heterocycles. The van der Waals surface area contributed by atoms with Gasteiger partial charge in [-0.25, -0.2) is 4.98 Å². The van der Waals surface area contributed by atoms with Crippen LogP contribution in [0.3, 0.4) is 0 Å². The Hall–Kier alpha value is -1.01. The molecule has 4 rings (SSSR count). The van der Waals surface area contributed by atoms with Crippen LogP contribution in [0.4, 0.5) is 0 Å². The summed E-state index contributed by atoms with van der Waals surface area (Å²) < 4.78 is 6.78. The number of hydrogen-bond donors (Lipinski definition) is 1. The van der Waals surface area contributed by atoms with Crippen LogP contribution in [0.15, 0.2) is 18.2 Å². The first kappa shape index (κ1) is 16.5. The van der Waals surface area contributed by atoms with Crippen LogP contribution < -0.4 is 5.32 Å². The Morgan fingerprint density at radius 1 is 1.33 bits per heavy atom. The van der Waals surface area contributed by atoms with Gasteiger partial charge in [-0.2, -0.15) is 0 Å². The van der Waals surface area contributed by atoms with Crippen LogP contribution in [0.1, 0.15) is 36.4 Å². The Balaban J connectivity index is 1.55. The lowest BCUT2D eigenvalue weighted by atomic mass is 9.92. The molecule has 2 aliphatic rings.